The van der Waals surface area contributed by atoms with Gasteiger partial charge in [-0.1, -0.05) is 32.6 Å². The normalized spacial score (nSPS) is 10.6. The molecule has 0 fully saturated rings. The Morgan fingerprint density at radius 1 is 1.00 bits per heavy atom. The second kappa shape index (κ2) is 7.76. The molecule has 118 valence electrons. The van der Waals surface area contributed by atoms with E-state index in [-0.39, 0.29) is 11.3 Å². The minimum absolute atomic E-state index is 0.144. The Morgan fingerprint density at radius 2 is 1.62 bits per heavy atom. The van der Waals surface area contributed by atoms with Gasteiger partial charge in [-0.15, -0.1) is 0 Å². The van der Waals surface area contributed by atoms with E-state index in [9.17, 15) is 20.1 Å². The van der Waals surface area contributed by atoms with Crippen molar-refractivity contribution in [3.05, 3.63) is 16.7 Å². The first-order valence-corrected chi connectivity index (χ1v) is 7.32. The first-order valence-electron chi connectivity index (χ1n) is 7.32. The lowest BCUT2D eigenvalue weighted by atomic mass is 10.0. The van der Waals surface area contributed by atoms with Crippen LogP contribution in [0.4, 0.5) is 0 Å². The van der Waals surface area contributed by atoms with E-state index in [4.69, 9.17) is 4.74 Å². The Bertz CT molecular complexity index is 508. The minimum Gasteiger partial charge on any atom is -0.504 e. The molecule has 1 aromatic carbocycles. The molecule has 3 N–H and O–H groups in total. The van der Waals surface area contributed by atoms with Crippen molar-refractivity contribution < 1.29 is 24.9 Å². The van der Waals surface area contributed by atoms with Crippen molar-refractivity contribution in [1.82, 2.24) is 0 Å². The Labute approximate surface area is 125 Å². The zero-order valence-corrected chi connectivity index (χ0v) is 12.9. The van der Waals surface area contributed by atoms with Crippen molar-refractivity contribution in [2.24, 2.45) is 0 Å². The quantitative estimate of drug-likeness (QED) is 0.502. The molecular weight excluding hydrogens is 272 g/mol. The lowest BCUT2D eigenvalue weighted by Gasteiger charge is -2.16. The number of hydrogen-bond acceptors (Lipinski definition) is 4. The Kier molecular flexibility index (Phi) is 6.34. The van der Waals surface area contributed by atoms with Gasteiger partial charge in [-0.2, -0.15) is 0 Å². The summed E-state index contributed by atoms with van der Waals surface area (Å²) in [5, 5.41) is 28.8. The molecule has 0 aliphatic heterocycles. The largest absolute Gasteiger partial charge is 0.504 e. The summed E-state index contributed by atoms with van der Waals surface area (Å²) in [7, 11) is 0. The molecule has 0 saturated heterocycles. The molecule has 0 aromatic heterocycles. The fraction of sp³-hybridized carbons (Fsp3) is 0.562. The van der Waals surface area contributed by atoms with Crippen LogP contribution in [-0.2, 0) is 0 Å². The fourth-order valence-corrected chi connectivity index (χ4v) is 2.20. The van der Waals surface area contributed by atoms with Crippen LogP contribution in [0.3, 0.4) is 0 Å². The predicted octanol–water partition coefficient (Wildman–Crippen LogP) is 3.76. The number of aromatic carboxylic acids is 1. The average Bonchev–Trinajstić information content (AvgIpc) is 2.45. The maximum absolute atomic E-state index is 11.3. The fourth-order valence-electron chi connectivity index (χ4n) is 2.20. The second-order valence-electron chi connectivity index (χ2n) is 5.22. The number of unbranched alkanes of at least 4 members (excludes halogenated alkanes) is 4. The smallest absolute Gasteiger partial charge is 0.343 e. The van der Waals surface area contributed by atoms with Crippen molar-refractivity contribution >= 4 is 5.97 Å². The summed E-state index contributed by atoms with van der Waals surface area (Å²) >= 11 is 0. The molecule has 0 atom stereocenters. The SMILES string of the molecule is CCCCCCCOc1c(C)c(C)c(O)c(O)c1C(=O)O. The lowest BCUT2D eigenvalue weighted by Crippen LogP contribution is -2.08. The van der Waals surface area contributed by atoms with Gasteiger partial charge >= 0.3 is 5.97 Å². The summed E-state index contributed by atoms with van der Waals surface area (Å²) in [6.07, 6.45) is 5.33. The zero-order chi connectivity index (χ0) is 16.0. The number of rotatable bonds is 8. The summed E-state index contributed by atoms with van der Waals surface area (Å²) in [5.41, 5.74) is 0.596. The number of hydrogen-bond donors (Lipinski definition) is 3. The van der Waals surface area contributed by atoms with E-state index >= 15 is 0 Å². The highest BCUT2D eigenvalue weighted by Gasteiger charge is 2.25. The third-order valence-electron chi connectivity index (χ3n) is 3.65. The van der Waals surface area contributed by atoms with Crippen LogP contribution >= 0.6 is 0 Å². The topological polar surface area (TPSA) is 87.0 Å². The van der Waals surface area contributed by atoms with Gasteiger partial charge in [-0.3, -0.25) is 0 Å². The molecule has 1 aromatic rings. The Hall–Kier alpha value is -1.91. The zero-order valence-electron chi connectivity index (χ0n) is 12.9. The van der Waals surface area contributed by atoms with Crippen LogP contribution in [0.2, 0.25) is 0 Å². The number of benzene rings is 1. The van der Waals surface area contributed by atoms with Crippen LogP contribution in [0.5, 0.6) is 17.2 Å². The molecule has 0 unspecified atom stereocenters. The average molecular weight is 296 g/mol. The molecule has 0 aliphatic rings. The number of carbonyl (C=O) groups is 1. The number of phenolic OH excluding ortho intramolecular Hbond substituents is 1. The number of aromatic hydroxyl groups is 2. The van der Waals surface area contributed by atoms with Gasteiger partial charge in [0.2, 0.25) is 0 Å². The first kappa shape index (κ1) is 17.1. The highest BCUT2D eigenvalue weighted by Crippen LogP contribution is 2.42. The minimum atomic E-state index is -1.31. The molecule has 0 bridgehead atoms. The number of ether oxygens (including phenoxy) is 1. The standard InChI is InChI=1S/C16H24O5/c1-4-5-6-7-8-9-21-15-11(3)10(2)13(17)14(18)12(15)16(19)20/h17-18H,4-9H2,1-3H3,(H,19,20). The molecule has 1 rings (SSSR count). The number of carboxylic acids is 1. The molecule has 0 radical (unpaired) electrons. The summed E-state index contributed by atoms with van der Waals surface area (Å²) in [5.74, 6) is -2.20. The molecule has 21 heavy (non-hydrogen) atoms. The maximum atomic E-state index is 11.3. The summed E-state index contributed by atoms with van der Waals surface area (Å²) in [6.45, 7) is 5.83. The Balaban J connectivity index is 2.88. The number of carboxylic acid groups (broad SMARTS) is 1. The van der Waals surface area contributed by atoms with Gasteiger partial charge in [-0.25, -0.2) is 4.79 Å². The monoisotopic (exact) mass is 296 g/mol. The molecule has 0 amide bonds. The van der Waals surface area contributed by atoms with E-state index in [1.54, 1.807) is 13.8 Å². The summed E-state index contributed by atoms with van der Waals surface area (Å²) in [6, 6.07) is 0. The predicted molar refractivity (Wildman–Crippen MR) is 80.5 cm³/mol. The Morgan fingerprint density at radius 3 is 2.19 bits per heavy atom. The summed E-state index contributed by atoms with van der Waals surface area (Å²) < 4.78 is 5.57. The summed E-state index contributed by atoms with van der Waals surface area (Å²) in [4.78, 5) is 11.3. The van der Waals surface area contributed by atoms with E-state index in [1.165, 1.54) is 6.42 Å². The van der Waals surface area contributed by atoms with E-state index < -0.39 is 17.5 Å². The van der Waals surface area contributed by atoms with Crippen molar-refractivity contribution in [1.29, 1.82) is 0 Å². The van der Waals surface area contributed by atoms with Crippen LogP contribution in [0.1, 0.15) is 60.5 Å². The van der Waals surface area contributed by atoms with Crippen molar-refractivity contribution in [3.8, 4) is 17.2 Å². The van der Waals surface area contributed by atoms with Gasteiger partial charge in [0.05, 0.1) is 6.61 Å². The first-order chi connectivity index (χ1) is 9.91. The van der Waals surface area contributed by atoms with Gasteiger partial charge in [0.25, 0.3) is 0 Å². The molecule has 5 nitrogen and oxygen atoms in total. The molecule has 0 spiro atoms. The molecule has 0 aliphatic carbocycles. The van der Waals surface area contributed by atoms with E-state index in [2.05, 4.69) is 6.92 Å². The van der Waals surface area contributed by atoms with Crippen LogP contribution in [0.15, 0.2) is 0 Å². The third-order valence-corrected chi connectivity index (χ3v) is 3.65. The van der Waals surface area contributed by atoms with Gasteiger partial charge in [0.1, 0.15) is 11.3 Å². The van der Waals surface area contributed by atoms with E-state index in [0.29, 0.717) is 17.7 Å². The third kappa shape index (κ3) is 4.03. The van der Waals surface area contributed by atoms with Crippen molar-refractivity contribution in [2.45, 2.75) is 52.9 Å². The molecule has 0 saturated carbocycles. The van der Waals surface area contributed by atoms with E-state index in [0.717, 1.165) is 25.7 Å². The van der Waals surface area contributed by atoms with Crippen LogP contribution in [-0.4, -0.2) is 27.9 Å². The van der Waals surface area contributed by atoms with Crippen LogP contribution < -0.4 is 4.74 Å². The maximum Gasteiger partial charge on any atom is 0.343 e. The highest BCUT2D eigenvalue weighted by molar-refractivity contribution is 5.96. The molecular formula is C16H24O5. The second-order valence-corrected chi connectivity index (χ2v) is 5.22. The van der Waals surface area contributed by atoms with Crippen molar-refractivity contribution in [3.63, 3.8) is 0 Å². The van der Waals surface area contributed by atoms with Crippen LogP contribution in [0, 0.1) is 13.8 Å². The van der Waals surface area contributed by atoms with Crippen molar-refractivity contribution in [2.75, 3.05) is 6.61 Å². The van der Waals surface area contributed by atoms with Gasteiger partial charge in [0, 0.05) is 5.56 Å². The molecule has 0 heterocycles. The van der Waals surface area contributed by atoms with Crippen LogP contribution in [0.25, 0.3) is 0 Å². The van der Waals surface area contributed by atoms with Gasteiger partial charge < -0.3 is 20.1 Å². The molecule has 5 heteroatoms. The highest BCUT2D eigenvalue weighted by atomic mass is 16.5. The van der Waals surface area contributed by atoms with Gasteiger partial charge in [0.15, 0.2) is 11.5 Å². The number of phenols is 2. The van der Waals surface area contributed by atoms with Gasteiger partial charge in [-0.05, 0) is 25.8 Å². The van der Waals surface area contributed by atoms with E-state index in [1.807, 2.05) is 0 Å². The lowest BCUT2D eigenvalue weighted by molar-refractivity contribution is 0.0687.